The van der Waals surface area contributed by atoms with Gasteiger partial charge in [0, 0.05) is 18.3 Å². The maximum atomic E-state index is 12.0. The van der Waals surface area contributed by atoms with Crippen molar-refractivity contribution in [2.75, 3.05) is 6.67 Å². The van der Waals surface area contributed by atoms with E-state index in [0.717, 1.165) is 11.3 Å². The highest BCUT2D eigenvalue weighted by atomic mass is 19.1. The van der Waals surface area contributed by atoms with Crippen LogP contribution >= 0.6 is 0 Å². The Kier molecular flexibility index (Phi) is 2.76. The second-order valence-corrected chi connectivity index (χ2v) is 2.52. The molecule has 0 saturated heterocycles. The summed E-state index contributed by atoms with van der Waals surface area (Å²) in [5, 5.41) is 8.54. The van der Waals surface area contributed by atoms with Crippen molar-refractivity contribution in [2.45, 2.75) is 13.3 Å². The van der Waals surface area contributed by atoms with Gasteiger partial charge in [-0.25, -0.2) is 0 Å². The lowest BCUT2D eigenvalue weighted by molar-refractivity contribution is 0.494. The average molecular weight is 164 g/mol. The van der Waals surface area contributed by atoms with Gasteiger partial charge in [-0.3, -0.25) is 9.37 Å². The van der Waals surface area contributed by atoms with Crippen LogP contribution in [0.4, 0.5) is 4.39 Å². The molecule has 2 nitrogen and oxygen atoms in total. The van der Waals surface area contributed by atoms with Gasteiger partial charge >= 0.3 is 0 Å². The van der Waals surface area contributed by atoms with Crippen LogP contribution in [0, 0.1) is 18.3 Å². The van der Waals surface area contributed by atoms with Gasteiger partial charge in [-0.15, -0.1) is 0 Å². The van der Waals surface area contributed by atoms with Crippen molar-refractivity contribution >= 4 is 0 Å². The van der Waals surface area contributed by atoms with E-state index in [0.29, 0.717) is 12.0 Å². The molecule has 0 spiro atoms. The molecule has 0 radical (unpaired) electrons. The van der Waals surface area contributed by atoms with Crippen LogP contribution in [0.3, 0.4) is 0 Å². The van der Waals surface area contributed by atoms with Crippen LogP contribution in [0.25, 0.3) is 0 Å². The van der Waals surface area contributed by atoms with Crippen molar-refractivity contribution in [2.24, 2.45) is 0 Å². The number of aryl methyl sites for hydroxylation is 2. The van der Waals surface area contributed by atoms with Crippen molar-refractivity contribution in [1.82, 2.24) is 4.98 Å². The number of alkyl halides is 1. The summed E-state index contributed by atoms with van der Waals surface area (Å²) in [5.41, 5.74) is 2.10. The zero-order chi connectivity index (χ0) is 8.97. The first-order valence-corrected chi connectivity index (χ1v) is 3.69. The van der Waals surface area contributed by atoms with Crippen LogP contribution in [-0.2, 0) is 6.42 Å². The lowest BCUT2D eigenvalue weighted by Crippen LogP contribution is -1.95. The molecule has 0 saturated carbocycles. The minimum atomic E-state index is -0.405. The predicted molar refractivity (Wildman–Crippen MR) is 43.4 cm³/mol. The number of nitrogens with zero attached hydrogens (tertiary/aromatic N) is 2. The van der Waals surface area contributed by atoms with Crippen LogP contribution in [0.1, 0.15) is 16.8 Å². The quantitative estimate of drug-likeness (QED) is 0.668. The van der Waals surface area contributed by atoms with E-state index in [1.54, 1.807) is 6.07 Å². The molecular formula is C9H9FN2. The standard InChI is InChI=1S/C9H9FN2/c1-7-9(2-3-10)4-8(5-11)6-12-7/h4,6H,2-3H2,1H3. The summed E-state index contributed by atoms with van der Waals surface area (Å²) in [4.78, 5) is 3.98. The molecule has 0 atom stereocenters. The number of pyridine rings is 1. The maximum Gasteiger partial charge on any atom is 0.101 e. The second kappa shape index (κ2) is 3.82. The molecule has 0 aromatic carbocycles. The minimum Gasteiger partial charge on any atom is -0.260 e. The van der Waals surface area contributed by atoms with Gasteiger partial charge in [0.25, 0.3) is 0 Å². The summed E-state index contributed by atoms with van der Waals surface area (Å²) in [5.74, 6) is 0. The fourth-order valence-electron chi connectivity index (χ4n) is 0.995. The molecule has 0 unspecified atom stereocenters. The topological polar surface area (TPSA) is 36.7 Å². The van der Waals surface area contributed by atoms with Gasteiger partial charge in [0.2, 0.25) is 0 Å². The predicted octanol–water partition coefficient (Wildman–Crippen LogP) is 1.77. The van der Waals surface area contributed by atoms with E-state index < -0.39 is 6.67 Å². The van der Waals surface area contributed by atoms with E-state index in [1.807, 2.05) is 13.0 Å². The molecule has 62 valence electrons. The van der Waals surface area contributed by atoms with E-state index in [1.165, 1.54) is 6.20 Å². The Morgan fingerprint density at radius 3 is 3.00 bits per heavy atom. The van der Waals surface area contributed by atoms with E-state index in [4.69, 9.17) is 5.26 Å². The number of hydrogen-bond donors (Lipinski definition) is 0. The molecule has 0 fully saturated rings. The van der Waals surface area contributed by atoms with Crippen LogP contribution in [-0.4, -0.2) is 11.7 Å². The number of nitriles is 1. The smallest absolute Gasteiger partial charge is 0.101 e. The van der Waals surface area contributed by atoms with Gasteiger partial charge in [0.15, 0.2) is 0 Å². The molecule has 0 amide bonds. The summed E-state index contributed by atoms with van der Waals surface area (Å²) in [6.45, 7) is 1.41. The minimum absolute atomic E-state index is 0.342. The van der Waals surface area contributed by atoms with Crippen LogP contribution in [0.5, 0.6) is 0 Å². The highest BCUT2D eigenvalue weighted by Crippen LogP contribution is 2.08. The summed E-state index contributed by atoms with van der Waals surface area (Å²) < 4.78 is 12.0. The molecular weight excluding hydrogens is 155 g/mol. The van der Waals surface area contributed by atoms with Gasteiger partial charge in [0.1, 0.15) is 6.07 Å². The first kappa shape index (κ1) is 8.66. The highest BCUT2D eigenvalue weighted by molar-refractivity contribution is 5.32. The van der Waals surface area contributed by atoms with Gasteiger partial charge in [-0.05, 0) is 18.6 Å². The Balaban J connectivity index is 3.01. The molecule has 1 rings (SSSR count). The van der Waals surface area contributed by atoms with Gasteiger partial charge < -0.3 is 0 Å². The molecule has 0 N–H and O–H groups in total. The Bertz CT molecular complexity index is 315. The van der Waals surface area contributed by atoms with Gasteiger partial charge in [-0.1, -0.05) is 0 Å². The lowest BCUT2D eigenvalue weighted by Gasteiger charge is -2.01. The molecule has 1 aromatic heterocycles. The molecule has 0 bridgehead atoms. The van der Waals surface area contributed by atoms with E-state index >= 15 is 0 Å². The molecule has 3 heteroatoms. The zero-order valence-electron chi connectivity index (χ0n) is 6.84. The fourth-order valence-corrected chi connectivity index (χ4v) is 0.995. The number of hydrogen-bond acceptors (Lipinski definition) is 2. The maximum absolute atomic E-state index is 12.0. The summed E-state index contributed by atoms with van der Waals surface area (Å²) in [6.07, 6.45) is 1.84. The Labute approximate surface area is 70.7 Å². The summed E-state index contributed by atoms with van der Waals surface area (Å²) >= 11 is 0. The van der Waals surface area contributed by atoms with Gasteiger partial charge in [0.05, 0.1) is 12.2 Å². The van der Waals surface area contributed by atoms with Crippen molar-refractivity contribution in [3.8, 4) is 6.07 Å². The third-order valence-electron chi connectivity index (χ3n) is 1.68. The molecule has 12 heavy (non-hydrogen) atoms. The molecule has 1 aromatic rings. The number of halogens is 1. The van der Waals surface area contributed by atoms with Crippen molar-refractivity contribution in [3.63, 3.8) is 0 Å². The Morgan fingerprint density at radius 1 is 1.67 bits per heavy atom. The third-order valence-corrected chi connectivity index (χ3v) is 1.68. The normalized spacial score (nSPS) is 9.42. The molecule has 0 aliphatic carbocycles. The fraction of sp³-hybridized carbons (Fsp3) is 0.333. The first-order valence-electron chi connectivity index (χ1n) is 3.69. The number of aromatic nitrogens is 1. The number of rotatable bonds is 2. The van der Waals surface area contributed by atoms with E-state index in [9.17, 15) is 4.39 Å². The average Bonchev–Trinajstić information content (AvgIpc) is 2.09. The zero-order valence-corrected chi connectivity index (χ0v) is 6.84. The van der Waals surface area contributed by atoms with E-state index in [2.05, 4.69) is 4.98 Å². The highest BCUT2D eigenvalue weighted by Gasteiger charge is 2.00. The Morgan fingerprint density at radius 2 is 2.42 bits per heavy atom. The molecule has 0 aliphatic heterocycles. The summed E-state index contributed by atoms with van der Waals surface area (Å²) in [7, 11) is 0. The molecule has 1 heterocycles. The van der Waals surface area contributed by atoms with Crippen molar-refractivity contribution in [3.05, 3.63) is 29.1 Å². The lowest BCUT2D eigenvalue weighted by atomic mass is 10.1. The first-order chi connectivity index (χ1) is 5.77. The van der Waals surface area contributed by atoms with Gasteiger partial charge in [-0.2, -0.15) is 5.26 Å². The summed E-state index contributed by atoms with van der Waals surface area (Å²) in [6, 6.07) is 3.65. The van der Waals surface area contributed by atoms with Crippen LogP contribution in [0.2, 0.25) is 0 Å². The largest absolute Gasteiger partial charge is 0.260 e. The van der Waals surface area contributed by atoms with Crippen molar-refractivity contribution < 1.29 is 4.39 Å². The van der Waals surface area contributed by atoms with Crippen LogP contribution in [0.15, 0.2) is 12.3 Å². The monoisotopic (exact) mass is 164 g/mol. The van der Waals surface area contributed by atoms with Crippen LogP contribution < -0.4 is 0 Å². The Hall–Kier alpha value is -1.43. The third kappa shape index (κ3) is 1.79. The molecule has 0 aliphatic rings. The SMILES string of the molecule is Cc1ncc(C#N)cc1CCF. The second-order valence-electron chi connectivity index (χ2n) is 2.52. The van der Waals surface area contributed by atoms with E-state index in [-0.39, 0.29) is 0 Å². The van der Waals surface area contributed by atoms with Crippen molar-refractivity contribution in [1.29, 1.82) is 5.26 Å².